The fraction of sp³-hybridized carbons (Fsp3) is 0.125. The Balaban J connectivity index is 2.50. The molecule has 2 aromatic rings. The minimum Gasteiger partial charge on any atom is -0.468 e. The number of urea groups is 1. The molecule has 3 N–H and O–H groups in total. The van der Waals surface area contributed by atoms with Crippen LogP contribution < -0.4 is 11.1 Å². The van der Waals surface area contributed by atoms with Crippen LogP contribution in [0.25, 0.3) is 17.0 Å². The first-order valence-corrected chi connectivity index (χ1v) is 6.83. The number of methoxy groups -OCH3 is 1. The van der Waals surface area contributed by atoms with Gasteiger partial charge in [0.25, 0.3) is 5.91 Å². The van der Waals surface area contributed by atoms with Crippen LogP contribution in [0.4, 0.5) is 4.79 Å². The molecular weight excluding hydrogens is 312 g/mol. The van der Waals surface area contributed by atoms with E-state index in [-0.39, 0.29) is 12.1 Å². The molecule has 1 heterocycles. The number of benzene rings is 1. The maximum atomic E-state index is 11.8. The Labute approximate surface area is 137 Å². The number of carbonyl (C=O) groups is 3. The lowest BCUT2D eigenvalue weighted by Gasteiger charge is -2.02. The van der Waals surface area contributed by atoms with Crippen molar-refractivity contribution in [3.63, 3.8) is 0 Å². The lowest BCUT2D eigenvalue weighted by molar-refractivity contribution is -0.141. The largest absolute Gasteiger partial charge is 0.468 e. The van der Waals surface area contributed by atoms with Gasteiger partial charge in [-0.05, 0) is 12.1 Å². The smallest absolute Gasteiger partial charge is 0.325 e. The maximum absolute atomic E-state index is 11.8. The quantitative estimate of drug-likeness (QED) is 0.490. The van der Waals surface area contributed by atoms with Gasteiger partial charge in [-0.15, -0.1) is 0 Å². The number of hydrogen-bond acceptors (Lipinski definition) is 5. The SMILES string of the molecule is COC(=O)Cn1cc(/C=C(/C#N)C(=O)NC(N)=O)c2ccccc21. The number of esters is 1. The number of amides is 3. The number of para-hydroxylation sites is 1. The molecule has 0 unspecified atom stereocenters. The van der Waals surface area contributed by atoms with Crippen LogP contribution in [0.15, 0.2) is 36.0 Å². The van der Waals surface area contributed by atoms with Gasteiger partial charge >= 0.3 is 12.0 Å². The average Bonchev–Trinajstić information content (AvgIpc) is 2.89. The molecule has 24 heavy (non-hydrogen) atoms. The van der Waals surface area contributed by atoms with E-state index in [1.54, 1.807) is 41.1 Å². The third kappa shape index (κ3) is 3.59. The fourth-order valence-corrected chi connectivity index (χ4v) is 2.21. The highest BCUT2D eigenvalue weighted by Gasteiger charge is 2.14. The molecule has 0 fully saturated rings. The molecule has 2 rings (SSSR count). The third-order valence-electron chi connectivity index (χ3n) is 3.25. The van der Waals surface area contributed by atoms with Crippen LogP contribution in [-0.4, -0.2) is 29.6 Å². The van der Waals surface area contributed by atoms with E-state index in [9.17, 15) is 14.4 Å². The number of nitrogens with one attached hydrogen (secondary N) is 1. The molecule has 0 atom stereocenters. The highest BCUT2D eigenvalue weighted by atomic mass is 16.5. The zero-order valence-electron chi connectivity index (χ0n) is 12.8. The van der Waals surface area contributed by atoms with Crippen LogP contribution in [0, 0.1) is 11.3 Å². The molecule has 8 heteroatoms. The predicted octanol–water partition coefficient (Wildman–Crippen LogP) is 0.916. The first-order chi connectivity index (χ1) is 11.5. The number of nitrogens with two attached hydrogens (primary N) is 1. The maximum Gasteiger partial charge on any atom is 0.325 e. The Morgan fingerprint density at radius 2 is 2.08 bits per heavy atom. The second-order valence-electron chi connectivity index (χ2n) is 4.79. The van der Waals surface area contributed by atoms with Crippen molar-refractivity contribution in [2.75, 3.05) is 7.11 Å². The average molecular weight is 326 g/mol. The summed E-state index contributed by atoms with van der Waals surface area (Å²) in [6, 6.07) is 7.85. The zero-order valence-corrected chi connectivity index (χ0v) is 12.8. The summed E-state index contributed by atoms with van der Waals surface area (Å²) >= 11 is 0. The van der Waals surface area contributed by atoms with Gasteiger partial charge in [-0.1, -0.05) is 18.2 Å². The number of fused-ring (bicyclic) bond motifs is 1. The lowest BCUT2D eigenvalue weighted by atomic mass is 10.1. The Kier molecular flexibility index (Phi) is 4.96. The molecule has 0 bridgehead atoms. The number of nitriles is 1. The van der Waals surface area contributed by atoms with Gasteiger partial charge in [0.15, 0.2) is 0 Å². The second kappa shape index (κ2) is 7.11. The van der Waals surface area contributed by atoms with Gasteiger partial charge < -0.3 is 15.0 Å². The number of rotatable bonds is 4. The zero-order chi connectivity index (χ0) is 17.7. The van der Waals surface area contributed by atoms with Gasteiger partial charge in [-0.2, -0.15) is 5.26 Å². The molecule has 0 saturated carbocycles. The standard InChI is InChI=1S/C16H14N4O4/c1-24-14(21)9-20-8-11(12-4-2-3-5-13(12)20)6-10(7-17)15(22)19-16(18)23/h2-6,8H,9H2,1H3,(H3,18,19,22,23)/b10-6-. The molecule has 0 aliphatic carbocycles. The monoisotopic (exact) mass is 326 g/mol. The highest BCUT2D eigenvalue weighted by Crippen LogP contribution is 2.23. The van der Waals surface area contributed by atoms with Gasteiger partial charge in [0.1, 0.15) is 18.2 Å². The minimum atomic E-state index is -1.05. The summed E-state index contributed by atoms with van der Waals surface area (Å²) in [6.45, 7) is -0.0137. The number of primary amides is 1. The number of imide groups is 1. The van der Waals surface area contributed by atoms with Crippen molar-refractivity contribution in [3.8, 4) is 6.07 Å². The van der Waals surface area contributed by atoms with E-state index in [1.807, 2.05) is 5.32 Å². The van der Waals surface area contributed by atoms with Crippen LogP contribution >= 0.6 is 0 Å². The second-order valence-corrected chi connectivity index (χ2v) is 4.79. The summed E-state index contributed by atoms with van der Waals surface area (Å²) in [5, 5.41) is 11.7. The normalized spacial score (nSPS) is 10.9. The number of ether oxygens (including phenoxy) is 1. The summed E-state index contributed by atoms with van der Waals surface area (Å²) in [5.41, 5.74) is 5.88. The molecule has 122 valence electrons. The highest BCUT2D eigenvalue weighted by molar-refractivity contribution is 6.09. The minimum absolute atomic E-state index is 0.0137. The van der Waals surface area contributed by atoms with E-state index in [0.29, 0.717) is 5.56 Å². The van der Waals surface area contributed by atoms with E-state index in [0.717, 1.165) is 10.9 Å². The first-order valence-electron chi connectivity index (χ1n) is 6.83. The van der Waals surface area contributed by atoms with E-state index >= 15 is 0 Å². The van der Waals surface area contributed by atoms with Crippen LogP contribution in [-0.2, 0) is 20.9 Å². The lowest BCUT2D eigenvalue weighted by Crippen LogP contribution is -2.35. The van der Waals surface area contributed by atoms with Crippen molar-refractivity contribution < 1.29 is 19.1 Å². The topological polar surface area (TPSA) is 127 Å². The van der Waals surface area contributed by atoms with E-state index in [2.05, 4.69) is 4.74 Å². The van der Waals surface area contributed by atoms with Crippen molar-refractivity contribution in [3.05, 3.63) is 41.6 Å². The van der Waals surface area contributed by atoms with Crippen molar-refractivity contribution >= 4 is 34.9 Å². The number of carbonyl (C=O) groups excluding carboxylic acids is 3. The summed E-state index contributed by atoms with van der Waals surface area (Å²) in [5.74, 6) is -1.33. The molecule has 8 nitrogen and oxygen atoms in total. The molecule has 0 aliphatic rings. The molecule has 0 radical (unpaired) electrons. The summed E-state index contributed by atoms with van der Waals surface area (Å²) in [6.07, 6.45) is 2.95. The molecule has 0 saturated heterocycles. The molecule has 1 aromatic carbocycles. The van der Waals surface area contributed by atoms with Crippen molar-refractivity contribution in [2.24, 2.45) is 5.73 Å². The van der Waals surface area contributed by atoms with E-state index < -0.39 is 17.9 Å². The predicted molar refractivity (Wildman–Crippen MR) is 85.3 cm³/mol. The number of aromatic nitrogens is 1. The van der Waals surface area contributed by atoms with Gasteiger partial charge in [-0.25, -0.2) is 4.79 Å². The van der Waals surface area contributed by atoms with Crippen molar-refractivity contribution in [2.45, 2.75) is 6.54 Å². The van der Waals surface area contributed by atoms with Crippen LogP contribution in [0.5, 0.6) is 0 Å². The molecule has 0 aliphatic heterocycles. The Hall–Kier alpha value is -3.60. The summed E-state index contributed by atoms with van der Waals surface area (Å²) in [4.78, 5) is 34.0. The summed E-state index contributed by atoms with van der Waals surface area (Å²) in [7, 11) is 1.29. The Bertz CT molecular complexity index is 889. The van der Waals surface area contributed by atoms with E-state index in [4.69, 9.17) is 11.0 Å². The number of hydrogen-bond donors (Lipinski definition) is 2. The fourth-order valence-electron chi connectivity index (χ4n) is 2.21. The van der Waals surface area contributed by atoms with Gasteiger partial charge in [0.05, 0.1) is 7.11 Å². The third-order valence-corrected chi connectivity index (χ3v) is 3.25. The summed E-state index contributed by atoms with van der Waals surface area (Å²) < 4.78 is 6.30. The van der Waals surface area contributed by atoms with Crippen molar-refractivity contribution in [1.29, 1.82) is 5.26 Å². The number of nitrogens with zero attached hydrogens (tertiary/aromatic N) is 2. The molecule has 0 spiro atoms. The Morgan fingerprint density at radius 3 is 2.71 bits per heavy atom. The molecular formula is C16H14N4O4. The van der Waals surface area contributed by atoms with Crippen LogP contribution in [0.1, 0.15) is 5.56 Å². The van der Waals surface area contributed by atoms with Gasteiger partial charge in [-0.3, -0.25) is 14.9 Å². The Morgan fingerprint density at radius 1 is 1.38 bits per heavy atom. The molecule has 1 aromatic heterocycles. The first kappa shape index (κ1) is 16.8. The molecule has 3 amide bonds. The van der Waals surface area contributed by atoms with Gasteiger partial charge in [0, 0.05) is 22.7 Å². The van der Waals surface area contributed by atoms with E-state index in [1.165, 1.54) is 13.2 Å². The van der Waals surface area contributed by atoms with Crippen molar-refractivity contribution in [1.82, 2.24) is 9.88 Å². The van der Waals surface area contributed by atoms with Gasteiger partial charge in [0.2, 0.25) is 0 Å². The van der Waals surface area contributed by atoms with Crippen LogP contribution in [0.3, 0.4) is 0 Å². The van der Waals surface area contributed by atoms with Crippen LogP contribution in [0.2, 0.25) is 0 Å².